The molecule has 0 radical (unpaired) electrons. The molecule has 1 amide bonds. The van der Waals surface area contributed by atoms with Gasteiger partial charge in [0.2, 0.25) is 0 Å². The van der Waals surface area contributed by atoms with E-state index in [0.29, 0.717) is 35.9 Å². The number of carbonyl (C=O) groups excluding carboxylic acids is 1. The summed E-state index contributed by atoms with van der Waals surface area (Å²) in [4.78, 5) is 22.2. The van der Waals surface area contributed by atoms with Gasteiger partial charge in [-0.05, 0) is 87.6 Å². The first-order valence-electron chi connectivity index (χ1n) is 15.8. The van der Waals surface area contributed by atoms with Crippen molar-refractivity contribution in [3.8, 4) is 5.75 Å². The fourth-order valence-corrected chi connectivity index (χ4v) is 7.20. The monoisotopic (exact) mass is 616 g/mol. The number of aryl methyl sites for hydroxylation is 1. The van der Waals surface area contributed by atoms with E-state index in [0.717, 1.165) is 42.9 Å². The lowest BCUT2D eigenvalue weighted by Crippen LogP contribution is -2.48. The van der Waals surface area contributed by atoms with Crippen LogP contribution in [0.25, 0.3) is 0 Å². The van der Waals surface area contributed by atoms with E-state index in [1.54, 1.807) is 36.4 Å². The number of benzene rings is 3. The van der Waals surface area contributed by atoms with Gasteiger partial charge in [0.1, 0.15) is 10.6 Å². The molecule has 9 heteroatoms. The zero-order valence-electron chi connectivity index (χ0n) is 26.0. The second-order valence-corrected chi connectivity index (χ2v) is 13.7. The van der Waals surface area contributed by atoms with E-state index in [1.807, 2.05) is 56.2 Å². The molecule has 44 heavy (non-hydrogen) atoms. The number of piperazine rings is 1. The Kier molecular flexibility index (Phi) is 10.3. The molecule has 3 aromatic rings. The van der Waals surface area contributed by atoms with Crippen molar-refractivity contribution < 1.29 is 17.9 Å². The lowest BCUT2D eigenvalue weighted by molar-refractivity contribution is 0.0746. The Morgan fingerprint density at radius 2 is 1.61 bits per heavy atom. The minimum atomic E-state index is -3.90. The van der Waals surface area contributed by atoms with E-state index in [-0.39, 0.29) is 16.9 Å². The highest BCUT2D eigenvalue weighted by atomic mass is 32.2. The molecule has 1 aliphatic heterocycles. The highest BCUT2D eigenvalue weighted by molar-refractivity contribution is 7.92. The van der Waals surface area contributed by atoms with Gasteiger partial charge in [-0.2, -0.15) is 0 Å². The van der Waals surface area contributed by atoms with Crippen LogP contribution in [-0.4, -0.2) is 57.7 Å². The zero-order chi connectivity index (χ0) is 31.1. The summed E-state index contributed by atoms with van der Waals surface area (Å²) in [6.45, 7) is 8.53. The number of amides is 1. The molecule has 1 heterocycles. The molecular formula is C35H44N4O4S. The highest BCUT2D eigenvalue weighted by Crippen LogP contribution is 2.31. The first-order valence-corrected chi connectivity index (χ1v) is 17.3. The average Bonchev–Trinajstić information content (AvgIpc) is 3.29. The molecule has 0 spiro atoms. The molecule has 3 aromatic carbocycles. The van der Waals surface area contributed by atoms with Gasteiger partial charge in [-0.25, -0.2) is 8.42 Å². The minimum Gasteiger partial charge on any atom is -0.491 e. The van der Waals surface area contributed by atoms with Crippen molar-refractivity contribution in [1.29, 1.82) is 0 Å². The molecule has 0 atom stereocenters. The summed E-state index contributed by atoms with van der Waals surface area (Å²) in [5, 5.41) is 0. The lowest BCUT2D eigenvalue weighted by Gasteiger charge is -2.36. The third-order valence-corrected chi connectivity index (χ3v) is 9.72. The van der Waals surface area contributed by atoms with Crippen molar-refractivity contribution in [2.75, 3.05) is 35.8 Å². The van der Waals surface area contributed by atoms with Gasteiger partial charge in [-0.1, -0.05) is 43.9 Å². The predicted octanol–water partition coefficient (Wildman–Crippen LogP) is 7.22. The Balaban J connectivity index is 1.21. The van der Waals surface area contributed by atoms with Crippen molar-refractivity contribution >= 4 is 39.2 Å². The average molecular weight is 617 g/mol. The topological polar surface area (TPSA) is 91.3 Å². The Labute approximate surface area is 262 Å². The van der Waals surface area contributed by atoms with Gasteiger partial charge in [-0.15, -0.1) is 0 Å². The SMILES string of the molecule is Cc1cccc(S(=O)(=O)Nc2ccc(C(=O)N3CCN(c4cccc(OC(C)C)c4)CC3)cc2)c1N=CC1CCCCCC1. The van der Waals surface area contributed by atoms with Gasteiger partial charge in [0.25, 0.3) is 15.9 Å². The van der Waals surface area contributed by atoms with Crippen LogP contribution in [0.2, 0.25) is 0 Å². The number of carbonyl (C=O) groups is 1. The van der Waals surface area contributed by atoms with E-state index in [2.05, 4.69) is 15.7 Å². The molecule has 2 fully saturated rings. The predicted molar refractivity (Wildman–Crippen MR) is 178 cm³/mol. The number of aliphatic imine (C=N–C) groups is 1. The van der Waals surface area contributed by atoms with Crippen LogP contribution in [0.5, 0.6) is 5.75 Å². The van der Waals surface area contributed by atoms with Crippen LogP contribution in [0.15, 0.2) is 76.6 Å². The quantitative estimate of drug-likeness (QED) is 0.203. The number of nitrogens with zero attached hydrogens (tertiary/aromatic N) is 3. The molecule has 1 N–H and O–H groups in total. The summed E-state index contributed by atoms with van der Waals surface area (Å²) in [5.74, 6) is 1.15. The number of sulfonamides is 1. The molecular weight excluding hydrogens is 572 g/mol. The largest absolute Gasteiger partial charge is 0.491 e. The summed E-state index contributed by atoms with van der Waals surface area (Å²) in [6, 6.07) is 19.9. The normalized spacial score (nSPS) is 16.7. The standard InChI is InChI=1S/C35H44N4O4S/c1-26(2)43-32-14-9-13-31(24-32)38-20-22-39(23-21-38)35(40)29-16-18-30(19-17-29)37-44(41,42)33-15-8-10-27(3)34(33)36-25-28-11-6-4-5-7-12-28/h8-10,13-19,24-26,28,37H,4-7,11-12,20-23H2,1-3H3. The van der Waals surface area contributed by atoms with Crippen LogP contribution >= 0.6 is 0 Å². The first-order chi connectivity index (χ1) is 21.2. The molecule has 5 rings (SSSR count). The van der Waals surface area contributed by atoms with Crippen LogP contribution in [0.3, 0.4) is 0 Å². The molecule has 1 saturated heterocycles. The van der Waals surface area contributed by atoms with Crippen molar-refractivity contribution in [1.82, 2.24) is 4.90 Å². The molecule has 1 saturated carbocycles. The minimum absolute atomic E-state index is 0.0650. The van der Waals surface area contributed by atoms with E-state index >= 15 is 0 Å². The molecule has 234 valence electrons. The van der Waals surface area contributed by atoms with Gasteiger partial charge < -0.3 is 14.5 Å². The Morgan fingerprint density at radius 1 is 0.932 bits per heavy atom. The maximum atomic E-state index is 13.5. The fourth-order valence-electron chi connectivity index (χ4n) is 5.92. The van der Waals surface area contributed by atoms with Crippen LogP contribution < -0.4 is 14.4 Å². The number of anilines is 2. The van der Waals surface area contributed by atoms with Crippen molar-refractivity contribution in [2.45, 2.75) is 70.3 Å². The van der Waals surface area contributed by atoms with E-state index in [4.69, 9.17) is 9.73 Å². The van der Waals surface area contributed by atoms with Crippen molar-refractivity contribution in [3.05, 3.63) is 77.9 Å². The zero-order valence-corrected chi connectivity index (χ0v) is 26.9. The van der Waals surface area contributed by atoms with Gasteiger partial charge >= 0.3 is 0 Å². The van der Waals surface area contributed by atoms with Crippen LogP contribution in [0, 0.1) is 12.8 Å². The number of rotatable bonds is 9. The van der Waals surface area contributed by atoms with Gasteiger partial charge in [0.15, 0.2) is 0 Å². The Bertz CT molecular complexity index is 1550. The molecule has 1 aliphatic carbocycles. The summed E-state index contributed by atoms with van der Waals surface area (Å²) in [5.41, 5.74) is 3.30. The fraction of sp³-hybridized carbons (Fsp3) is 0.429. The van der Waals surface area contributed by atoms with Gasteiger partial charge in [-0.3, -0.25) is 14.5 Å². The maximum Gasteiger partial charge on any atom is 0.264 e. The summed E-state index contributed by atoms with van der Waals surface area (Å²) in [6.07, 6.45) is 9.13. The van der Waals surface area contributed by atoms with Crippen LogP contribution in [0.1, 0.15) is 68.3 Å². The number of hydrogen-bond donors (Lipinski definition) is 1. The van der Waals surface area contributed by atoms with Gasteiger partial charge in [0, 0.05) is 55.4 Å². The number of hydrogen-bond acceptors (Lipinski definition) is 6. The van der Waals surface area contributed by atoms with E-state index < -0.39 is 10.0 Å². The molecule has 8 nitrogen and oxygen atoms in total. The molecule has 0 aromatic heterocycles. The third kappa shape index (κ3) is 8.00. The number of ether oxygens (including phenoxy) is 1. The van der Waals surface area contributed by atoms with Crippen molar-refractivity contribution in [3.63, 3.8) is 0 Å². The number of para-hydroxylation sites is 1. The molecule has 0 unspecified atom stereocenters. The highest BCUT2D eigenvalue weighted by Gasteiger charge is 2.24. The van der Waals surface area contributed by atoms with Crippen LogP contribution in [-0.2, 0) is 10.0 Å². The van der Waals surface area contributed by atoms with Crippen molar-refractivity contribution in [2.24, 2.45) is 10.9 Å². The molecule has 2 aliphatic rings. The summed E-state index contributed by atoms with van der Waals surface area (Å²) >= 11 is 0. The number of nitrogens with one attached hydrogen (secondary N) is 1. The summed E-state index contributed by atoms with van der Waals surface area (Å²) in [7, 11) is -3.90. The van der Waals surface area contributed by atoms with Gasteiger partial charge in [0.05, 0.1) is 11.8 Å². The van der Waals surface area contributed by atoms with Crippen LogP contribution in [0.4, 0.5) is 17.1 Å². The first kappa shape index (κ1) is 31.6. The maximum absolute atomic E-state index is 13.5. The lowest BCUT2D eigenvalue weighted by atomic mass is 10.0. The second kappa shape index (κ2) is 14.3. The third-order valence-electron chi connectivity index (χ3n) is 8.31. The Morgan fingerprint density at radius 3 is 2.30 bits per heavy atom. The summed E-state index contributed by atoms with van der Waals surface area (Å²) < 4.78 is 35.5. The smallest absolute Gasteiger partial charge is 0.264 e. The van der Waals surface area contributed by atoms with E-state index in [1.165, 1.54) is 25.7 Å². The molecule has 0 bridgehead atoms. The van der Waals surface area contributed by atoms with E-state index in [9.17, 15) is 13.2 Å². The second-order valence-electron chi connectivity index (χ2n) is 12.1. The Hall–Kier alpha value is -3.85.